The lowest BCUT2D eigenvalue weighted by Gasteiger charge is -2.37. The van der Waals surface area contributed by atoms with Gasteiger partial charge in [0.2, 0.25) is 0 Å². The first-order valence-electron chi connectivity index (χ1n) is 18.4. The minimum Gasteiger partial charge on any atom is -0.493 e. The summed E-state index contributed by atoms with van der Waals surface area (Å²) in [5, 5.41) is 27.3. The Bertz CT molecular complexity index is 1530. The third-order valence-electron chi connectivity index (χ3n) is 10.3. The van der Waals surface area contributed by atoms with E-state index in [-0.39, 0.29) is 6.04 Å². The predicted octanol–water partition coefficient (Wildman–Crippen LogP) is 6.47. The van der Waals surface area contributed by atoms with Gasteiger partial charge in [0.25, 0.3) is 10.9 Å². The van der Waals surface area contributed by atoms with Crippen molar-refractivity contribution in [2.45, 2.75) is 109 Å². The van der Waals surface area contributed by atoms with Crippen molar-refractivity contribution in [1.82, 2.24) is 5.32 Å². The first-order valence-corrected chi connectivity index (χ1v) is 18.4. The molecule has 8 heteroatoms. The quantitative estimate of drug-likeness (QED) is 0.106. The van der Waals surface area contributed by atoms with Crippen LogP contribution in [-0.4, -0.2) is 43.5 Å². The first kappa shape index (κ1) is 35.6. The highest BCUT2D eigenvalue weighted by molar-refractivity contribution is 5.75. The van der Waals surface area contributed by atoms with E-state index in [1.165, 1.54) is 44.1 Å². The van der Waals surface area contributed by atoms with Gasteiger partial charge in [-0.3, -0.25) is 9.59 Å². The molecule has 5 rings (SSSR count). The fourth-order valence-corrected chi connectivity index (χ4v) is 7.57. The standard InChI is InChI=1S/C40H54N4O4/c1-2-3-4-10-22-48-36-16-9-8-15-33(36)23-32-14-11-21-44(28-32)38-37(39(46)40(38)47)43-34(24-29-12-6-5-7-13-29)35(45)27-42-26-31-19-17-30(25-41)18-20-31/h8-9,15-20,29,32,34-35,42-43,45H,2-7,10-14,21-24,26-28H2,1H3/t32-,34+,35-/m1/s1. The van der Waals surface area contributed by atoms with E-state index in [4.69, 9.17) is 10.00 Å². The van der Waals surface area contributed by atoms with Crippen molar-refractivity contribution in [1.29, 1.82) is 5.26 Å². The zero-order chi connectivity index (χ0) is 33.7. The van der Waals surface area contributed by atoms with Gasteiger partial charge in [-0.1, -0.05) is 88.6 Å². The number of aliphatic hydroxyl groups excluding tert-OH is 1. The molecule has 3 atom stereocenters. The van der Waals surface area contributed by atoms with E-state index in [9.17, 15) is 14.7 Å². The Morgan fingerprint density at radius 2 is 1.73 bits per heavy atom. The lowest BCUT2D eigenvalue weighted by molar-refractivity contribution is 0.132. The summed E-state index contributed by atoms with van der Waals surface area (Å²) in [6.07, 6.45) is 13.5. The molecular weight excluding hydrogens is 600 g/mol. The Morgan fingerprint density at radius 3 is 2.50 bits per heavy atom. The number of aliphatic hydroxyl groups is 1. The molecule has 1 heterocycles. The Kier molecular flexibility index (Phi) is 13.5. The van der Waals surface area contributed by atoms with Gasteiger partial charge in [-0.15, -0.1) is 0 Å². The van der Waals surface area contributed by atoms with E-state index < -0.39 is 17.0 Å². The number of hydrogen-bond acceptors (Lipinski definition) is 8. The van der Waals surface area contributed by atoms with E-state index in [1.54, 1.807) is 12.1 Å². The SMILES string of the molecule is CCCCCCOc1ccccc1C[C@H]1CCCN(c2c(N[C@@H](CC3CCCCC3)[C@H](O)CNCc3ccc(C#N)cc3)c(=O)c2=O)C1. The number of nitrogens with zero attached hydrogens (tertiary/aromatic N) is 2. The molecule has 1 saturated carbocycles. The molecule has 0 unspecified atom stereocenters. The average Bonchev–Trinajstić information content (AvgIpc) is 3.12. The second-order valence-electron chi connectivity index (χ2n) is 14.1. The summed E-state index contributed by atoms with van der Waals surface area (Å²) in [6, 6.07) is 17.5. The normalized spacial score (nSPS) is 18.4. The van der Waals surface area contributed by atoms with Gasteiger partial charge in [0, 0.05) is 26.2 Å². The van der Waals surface area contributed by atoms with E-state index in [1.807, 2.05) is 18.2 Å². The highest BCUT2D eigenvalue weighted by atomic mass is 16.5. The third kappa shape index (κ3) is 9.70. The zero-order valence-electron chi connectivity index (χ0n) is 28.7. The molecule has 2 fully saturated rings. The van der Waals surface area contributed by atoms with Crippen molar-refractivity contribution in [2.24, 2.45) is 11.8 Å². The van der Waals surface area contributed by atoms with Crippen LogP contribution < -0.4 is 31.1 Å². The van der Waals surface area contributed by atoms with Crippen LogP contribution in [0.3, 0.4) is 0 Å². The topological polar surface area (TPSA) is 115 Å². The van der Waals surface area contributed by atoms with Gasteiger partial charge in [0.15, 0.2) is 0 Å². The molecular formula is C40H54N4O4. The molecule has 2 aliphatic rings. The highest BCUT2D eigenvalue weighted by Gasteiger charge is 2.33. The number of hydrogen-bond donors (Lipinski definition) is 3. The predicted molar refractivity (Wildman–Crippen MR) is 194 cm³/mol. The molecule has 0 spiro atoms. The van der Waals surface area contributed by atoms with Gasteiger partial charge in [-0.2, -0.15) is 5.26 Å². The lowest BCUT2D eigenvalue weighted by Crippen LogP contribution is -2.50. The van der Waals surface area contributed by atoms with Gasteiger partial charge in [-0.25, -0.2) is 0 Å². The summed E-state index contributed by atoms with van der Waals surface area (Å²) in [4.78, 5) is 28.3. The van der Waals surface area contributed by atoms with E-state index >= 15 is 0 Å². The smallest absolute Gasteiger partial charge is 0.253 e. The van der Waals surface area contributed by atoms with Gasteiger partial charge in [0.05, 0.1) is 30.4 Å². The van der Waals surface area contributed by atoms with Crippen LogP contribution in [0.2, 0.25) is 0 Å². The molecule has 48 heavy (non-hydrogen) atoms. The van der Waals surface area contributed by atoms with Crippen molar-refractivity contribution in [3.05, 3.63) is 85.7 Å². The maximum Gasteiger partial charge on any atom is 0.253 e. The van der Waals surface area contributed by atoms with Gasteiger partial charge >= 0.3 is 0 Å². The molecule has 258 valence electrons. The molecule has 8 nitrogen and oxygen atoms in total. The van der Waals surface area contributed by atoms with Crippen molar-refractivity contribution in [2.75, 3.05) is 36.5 Å². The number of unbranched alkanes of at least 4 members (excludes halogenated alkanes) is 3. The van der Waals surface area contributed by atoms with Crippen LogP contribution in [0.25, 0.3) is 0 Å². The highest BCUT2D eigenvalue weighted by Crippen LogP contribution is 2.33. The third-order valence-corrected chi connectivity index (χ3v) is 10.3. The number of para-hydroxylation sites is 1. The van der Waals surface area contributed by atoms with Crippen LogP contribution >= 0.6 is 0 Å². The summed E-state index contributed by atoms with van der Waals surface area (Å²) < 4.78 is 6.20. The summed E-state index contributed by atoms with van der Waals surface area (Å²) in [7, 11) is 0. The van der Waals surface area contributed by atoms with Crippen LogP contribution in [0, 0.1) is 23.2 Å². The number of benzene rings is 2. The second-order valence-corrected chi connectivity index (χ2v) is 14.1. The molecule has 0 aromatic heterocycles. The largest absolute Gasteiger partial charge is 0.493 e. The van der Waals surface area contributed by atoms with Gasteiger partial charge < -0.3 is 25.4 Å². The molecule has 0 bridgehead atoms. The van der Waals surface area contributed by atoms with E-state index in [0.29, 0.717) is 48.4 Å². The number of rotatable bonds is 18. The molecule has 1 aliphatic heterocycles. The van der Waals surface area contributed by atoms with Crippen LogP contribution in [0.4, 0.5) is 11.4 Å². The van der Waals surface area contributed by atoms with Crippen molar-refractivity contribution >= 4 is 11.4 Å². The monoisotopic (exact) mass is 654 g/mol. The Balaban J connectivity index is 1.23. The van der Waals surface area contributed by atoms with Crippen LogP contribution in [0.1, 0.15) is 101 Å². The first-order chi connectivity index (χ1) is 23.5. The number of anilines is 2. The Hall–Kier alpha value is -3.67. The van der Waals surface area contributed by atoms with Gasteiger partial charge in [0.1, 0.15) is 17.1 Å². The maximum absolute atomic E-state index is 13.1. The molecule has 1 aliphatic carbocycles. The fraction of sp³-hybridized carbons (Fsp3) is 0.575. The number of piperidine rings is 1. The number of ether oxygens (including phenoxy) is 1. The van der Waals surface area contributed by atoms with Crippen LogP contribution in [-0.2, 0) is 13.0 Å². The zero-order valence-corrected chi connectivity index (χ0v) is 28.7. The van der Waals surface area contributed by atoms with Gasteiger partial charge in [-0.05, 0) is 73.3 Å². The van der Waals surface area contributed by atoms with Crippen LogP contribution in [0.5, 0.6) is 5.75 Å². The molecule has 3 aromatic carbocycles. The molecule has 0 amide bonds. The average molecular weight is 655 g/mol. The number of nitrogens with one attached hydrogen (secondary N) is 2. The second kappa shape index (κ2) is 18.2. The van der Waals surface area contributed by atoms with E-state index in [2.05, 4.69) is 46.7 Å². The summed E-state index contributed by atoms with van der Waals surface area (Å²) >= 11 is 0. The minimum absolute atomic E-state index is 0.342. The fourth-order valence-electron chi connectivity index (χ4n) is 7.57. The van der Waals surface area contributed by atoms with Crippen molar-refractivity contribution in [3.8, 4) is 11.8 Å². The Morgan fingerprint density at radius 1 is 0.958 bits per heavy atom. The van der Waals surface area contributed by atoms with Crippen LogP contribution in [0.15, 0.2) is 58.1 Å². The molecule has 3 aromatic rings. The molecule has 1 saturated heterocycles. The minimum atomic E-state index is -0.741. The maximum atomic E-state index is 13.1. The summed E-state index contributed by atoms with van der Waals surface area (Å²) in [6.45, 7) is 5.31. The van der Waals surface area contributed by atoms with Crippen molar-refractivity contribution < 1.29 is 9.84 Å². The molecule has 3 N–H and O–H groups in total. The Labute approximate surface area is 286 Å². The lowest BCUT2D eigenvalue weighted by atomic mass is 9.83. The summed E-state index contributed by atoms with van der Waals surface area (Å²) in [5.41, 5.74) is 2.83. The van der Waals surface area contributed by atoms with Crippen molar-refractivity contribution in [3.63, 3.8) is 0 Å². The number of nitriles is 1. The molecule has 0 radical (unpaired) electrons. The van der Waals surface area contributed by atoms with E-state index in [0.717, 1.165) is 69.4 Å². The summed E-state index contributed by atoms with van der Waals surface area (Å²) in [5.74, 6) is 1.78.